The zero-order valence-electron chi connectivity index (χ0n) is 14.5. The van der Waals surface area contributed by atoms with E-state index in [0.29, 0.717) is 33.6 Å². The largest absolute Gasteiger partial charge is 0.473 e. The van der Waals surface area contributed by atoms with Crippen molar-refractivity contribution in [1.82, 2.24) is 20.4 Å². The van der Waals surface area contributed by atoms with Gasteiger partial charge in [0.25, 0.3) is 5.91 Å². The van der Waals surface area contributed by atoms with Crippen LogP contribution in [0.1, 0.15) is 21.7 Å². The van der Waals surface area contributed by atoms with Crippen molar-refractivity contribution >= 4 is 17.5 Å². The van der Waals surface area contributed by atoms with Crippen molar-refractivity contribution in [1.29, 1.82) is 0 Å². The highest BCUT2D eigenvalue weighted by atomic mass is 35.5. The lowest BCUT2D eigenvalue weighted by Crippen LogP contribution is -2.26. The first kappa shape index (κ1) is 18.8. The van der Waals surface area contributed by atoms with E-state index >= 15 is 0 Å². The SMILES string of the molecule is Cc1onc(-c2ccc(Cl)cn2)c1COc1ccc(C(=O)NCCO)cn1. The summed E-state index contributed by atoms with van der Waals surface area (Å²) in [7, 11) is 0. The van der Waals surface area contributed by atoms with Crippen LogP contribution in [0, 0.1) is 6.92 Å². The van der Waals surface area contributed by atoms with Crippen LogP contribution in [0.15, 0.2) is 41.2 Å². The number of hydrogen-bond acceptors (Lipinski definition) is 7. The maximum Gasteiger partial charge on any atom is 0.252 e. The summed E-state index contributed by atoms with van der Waals surface area (Å²) in [6, 6.07) is 6.66. The predicted molar refractivity (Wildman–Crippen MR) is 97.5 cm³/mol. The van der Waals surface area contributed by atoms with Gasteiger partial charge in [0.1, 0.15) is 18.1 Å². The molecule has 0 unspecified atom stereocenters. The van der Waals surface area contributed by atoms with Crippen LogP contribution in [0.2, 0.25) is 5.02 Å². The van der Waals surface area contributed by atoms with Gasteiger partial charge in [0.05, 0.1) is 28.5 Å². The van der Waals surface area contributed by atoms with E-state index in [1.54, 1.807) is 31.2 Å². The topological polar surface area (TPSA) is 110 Å². The Kier molecular flexibility index (Phi) is 6.00. The van der Waals surface area contributed by atoms with E-state index in [-0.39, 0.29) is 25.7 Å². The molecule has 0 bridgehead atoms. The molecule has 8 nitrogen and oxygen atoms in total. The molecule has 0 aliphatic carbocycles. The molecule has 2 N–H and O–H groups in total. The third-order valence-corrected chi connectivity index (χ3v) is 3.94. The average Bonchev–Trinajstić information content (AvgIpc) is 3.06. The van der Waals surface area contributed by atoms with Gasteiger partial charge in [0, 0.05) is 25.0 Å². The van der Waals surface area contributed by atoms with E-state index in [1.807, 2.05) is 0 Å². The number of aliphatic hydroxyl groups is 1. The van der Waals surface area contributed by atoms with Crippen LogP contribution in [-0.4, -0.2) is 39.3 Å². The molecule has 27 heavy (non-hydrogen) atoms. The van der Waals surface area contributed by atoms with Crippen LogP contribution in [0.25, 0.3) is 11.4 Å². The van der Waals surface area contributed by atoms with E-state index in [2.05, 4.69) is 20.4 Å². The molecule has 0 radical (unpaired) electrons. The van der Waals surface area contributed by atoms with Gasteiger partial charge in [-0.1, -0.05) is 16.8 Å². The van der Waals surface area contributed by atoms with Gasteiger partial charge < -0.3 is 19.7 Å². The molecular weight excluding hydrogens is 372 g/mol. The summed E-state index contributed by atoms with van der Waals surface area (Å²) < 4.78 is 11.0. The summed E-state index contributed by atoms with van der Waals surface area (Å²) in [6.45, 7) is 2.03. The first-order valence-electron chi connectivity index (χ1n) is 8.13. The maximum atomic E-state index is 11.8. The predicted octanol–water partition coefficient (Wildman–Crippen LogP) is 2.39. The fraction of sp³-hybridized carbons (Fsp3) is 0.222. The molecule has 0 aliphatic heterocycles. The van der Waals surface area contributed by atoms with Crippen molar-refractivity contribution in [2.24, 2.45) is 0 Å². The second-order valence-corrected chi connectivity index (χ2v) is 6.02. The van der Waals surface area contributed by atoms with Crippen LogP contribution >= 0.6 is 11.6 Å². The number of carbonyl (C=O) groups excluding carboxylic acids is 1. The van der Waals surface area contributed by atoms with Gasteiger partial charge in [-0.15, -0.1) is 0 Å². The van der Waals surface area contributed by atoms with E-state index in [4.69, 9.17) is 26.0 Å². The summed E-state index contributed by atoms with van der Waals surface area (Å²) in [4.78, 5) is 20.2. The fourth-order valence-electron chi connectivity index (χ4n) is 2.30. The molecule has 0 aromatic carbocycles. The summed E-state index contributed by atoms with van der Waals surface area (Å²) in [5, 5.41) is 15.9. The van der Waals surface area contributed by atoms with Crippen molar-refractivity contribution in [3.8, 4) is 17.3 Å². The van der Waals surface area contributed by atoms with Gasteiger partial charge in [-0.05, 0) is 25.1 Å². The number of amides is 1. The highest BCUT2D eigenvalue weighted by Gasteiger charge is 2.17. The minimum absolute atomic E-state index is 0.122. The van der Waals surface area contributed by atoms with Gasteiger partial charge in [-0.3, -0.25) is 9.78 Å². The molecule has 9 heteroatoms. The first-order valence-corrected chi connectivity index (χ1v) is 8.51. The minimum atomic E-state index is -0.311. The molecule has 3 heterocycles. The van der Waals surface area contributed by atoms with Crippen molar-refractivity contribution < 1.29 is 19.2 Å². The Bertz CT molecular complexity index is 910. The van der Waals surface area contributed by atoms with Crippen LogP contribution in [0.4, 0.5) is 0 Å². The van der Waals surface area contributed by atoms with Crippen LogP contribution in [-0.2, 0) is 6.61 Å². The Balaban J connectivity index is 1.69. The summed E-state index contributed by atoms with van der Waals surface area (Å²) in [5.74, 6) is 0.653. The smallest absolute Gasteiger partial charge is 0.252 e. The van der Waals surface area contributed by atoms with Crippen LogP contribution < -0.4 is 10.1 Å². The Morgan fingerprint density at radius 2 is 2.11 bits per heavy atom. The summed E-state index contributed by atoms with van der Waals surface area (Å²) >= 11 is 5.87. The highest BCUT2D eigenvalue weighted by Crippen LogP contribution is 2.25. The van der Waals surface area contributed by atoms with Crippen molar-refractivity contribution in [2.45, 2.75) is 13.5 Å². The van der Waals surface area contributed by atoms with Gasteiger partial charge in [-0.25, -0.2) is 4.98 Å². The van der Waals surface area contributed by atoms with Crippen LogP contribution in [0.3, 0.4) is 0 Å². The Morgan fingerprint density at radius 1 is 1.26 bits per heavy atom. The highest BCUT2D eigenvalue weighted by molar-refractivity contribution is 6.30. The summed E-state index contributed by atoms with van der Waals surface area (Å²) in [6.07, 6.45) is 2.94. The summed E-state index contributed by atoms with van der Waals surface area (Å²) in [5.41, 5.74) is 2.32. The number of nitrogens with zero attached hydrogens (tertiary/aromatic N) is 3. The number of rotatable bonds is 7. The van der Waals surface area contributed by atoms with E-state index in [1.165, 1.54) is 12.4 Å². The quantitative estimate of drug-likeness (QED) is 0.639. The second-order valence-electron chi connectivity index (χ2n) is 5.58. The standard InChI is InChI=1S/C18H17ClN4O4/c1-11-14(17(23-27-11)15-4-3-13(19)9-21-15)10-26-16-5-2-12(8-22-16)18(25)20-6-7-24/h2-5,8-9,24H,6-7,10H2,1H3,(H,20,25). The molecule has 3 aromatic heterocycles. The van der Waals surface area contributed by atoms with Gasteiger partial charge in [0.15, 0.2) is 0 Å². The normalized spacial score (nSPS) is 10.6. The van der Waals surface area contributed by atoms with Crippen molar-refractivity contribution in [3.05, 3.63) is 58.6 Å². The van der Waals surface area contributed by atoms with E-state index < -0.39 is 0 Å². The molecule has 3 aromatic rings. The maximum absolute atomic E-state index is 11.8. The number of halogens is 1. The number of aromatic nitrogens is 3. The second kappa shape index (κ2) is 8.61. The zero-order valence-corrected chi connectivity index (χ0v) is 15.2. The number of aliphatic hydroxyl groups excluding tert-OH is 1. The third kappa shape index (κ3) is 4.60. The van der Waals surface area contributed by atoms with Crippen molar-refractivity contribution in [2.75, 3.05) is 13.2 Å². The van der Waals surface area contributed by atoms with Gasteiger partial charge in [-0.2, -0.15) is 0 Å². The fourth-order valence-corrected chi connectivity index (χ4v) is 2.41. The number of nitrogens with one attached hydrogen (secondary N) is 1. The lowest BCUT2D eigenvalue weighted by atomic mass is 10.1. The minimum Gasteiger partial charge on any atom is -0.473 e. The number of hydrogen-bond donors (Lipinski definition) is 2. The number of carbonyl (C=O) groups is 1. The van der Waals surface area contributed by atoms with Crippen LogP contribution in [0.5, 0.6) is 5.88 Å². The average molecular weight is 389 g/mol. The lowest BCUT2D eigenvalue weighted by molar-refractivity contribution is 0.0944. The molecule has 1 amide bonds. The molecule has 3 rings (SSSR count). The molecule has 0 atom stereocenters. The zero-order chi connectivity index (χ0) is 19.2. The molecule has 0 saturated carbocycles. The Hall–Kier alpha value is -2.97. The van der Waals surface area contributed by atoms with Gasteiger partial charge in [0.2, 0.25) is 5.88 Å². The van der Waals surface area contributed by atoms with Gasteiger partial charge >= 0.3 is 0 Å². The van der Waals surface area contributed by atoms with Crippen molar-refractivity contribution in [3.63, 3.8) is 0 Å². The Morgan fingerprint density at radius 3 is 2.78 bits per heavy atom. The lowest BCUT2D eigenvalue weighted by Gasteiger charge is -2.07. The number of aryl methyl sites for hydroxylation is 1. The Labute approximate surface area is 160 Å². The monoisotopic (exact) mass is 388 g/mol. The molecule has 0 aliphatic rings. The molecule has 140 valence electrons. The number of pyridine rings is 2. The number of ether oxygens (including phenoxy) is 1. The molecule has 0 fully saturated rings. The molecule has 0 spiro atoms. The van der Waals surface area contributed by atoms with E-state index in [0.717, 1.165) is 5.56 Å². The first-order chi connectivity index (χ1) is 13.1. The van der Waals surface area contributed by atoms with E-state index in [9.17, 15) is 4.79 Å². The third-order valence-electron chi connectivity index (χ3n) is 3.71. The molecule has 0 saturated heterocycles. The molecular formula is C18H17ClN4O4.